The van der Waals surface area contributed by atoms with Gasteiger partial charge in [-0.1, -0.05) is 23.7 Å². The van der Waals surface area contributed by atoms with E-state index in [0.29, 0.717) is 16.6 Å². The molecule has 1 aromatic carbocycles. The third kappa shape index (κ3) is 2.63. The molecule has 0 aliphatic heterocycles. The van der Waals surface area contributed by atoms with E-state index < -0.39 is 4.92 Å². The maximum atomic E-state index is 12.9. The number of nitro groups is 1. The van der Waals surface area contributed by atoms with Crippen molar-refractivity contribution in [1.29, 1.82) is 0 Å². The molecule has 3 aromatic rings. The standard InChI is InChI=1S/C16H13ClN4O3/c1-9(2)20-7-12(13-15(17)18-8-19-16(13)20)14(22)10-4-3-5-11(6-10)21(23)24/h3-9H,1-2H3. The SMILES string of the molecule is CC(C)n1cc(C(=O)c2cccc([N+](=O)[O-])c2)c2c(Cl)ncnc21. The smallest absolute Gasteiger partial charge is 0.270 e. The van der Waals surface area contributed by atoms with Gasteiger partial charge in [-0.15, -0.1) is 0 Å². The lowest BCUT2D eigenvalue weighted by Gasteiger charge is -2.07. The van der Waals surface area contributed by atoms with E-state index in [1.165, 1.54) is 30.6 Å². The van der Waals surface area contributed by atoms with Gasteiger partial charge in [-0.2, -0.15) is 0 Å². The first-order valence-electron chi connectivity index (χ1n) is 7.20. The van der Waals surface area contributed by atoms with Crippen LogP contribution in [0, 0.1) is 10.1 Å². The minimum absolute atomic E-state index is 0.0603. The van der Waals surface area contributed by atoms with Crippen LogP contribution in [0.4, 0.5) is 5.69 Å². The number of carbonyl (C=O) groups is 1. The Morgan fingerprint density at radius 3 is 2.75 bits per heavy atom. The van der Waals surface area contributed by atoms with Crippen LogP contribution in [0.25, 0.3) is 11.0 Å². The number of carbonyl (C=O) groups excluding carboxylic acids is 1. The highest BCUT2D eigenvalue weighted by atomic mass is 35.5. The molecule has 24 heavy (non-hydrogen) atoms. The molecule has 0 fully saturated rings. The first-order chi connectivity index (χ1) is 11.4. The fourth-order valence-electron chi connectivity index (χ4n) is 2.53. The number of fused-ring (bicyclic) bond motifs is 1. The van der Waals surface area contributed by atoms with Crippen LogP contribution in [-0.4, -0.2) is 25.2 Å². The second-order valence-corrected chi connectivity index (χ2v) is 5.90. The van der Waals surface area contributed by atoms with Crippen molar-refractivity contribution in [2.45, 2.75) is 19.9 Å². The van der Waals surface area contributed by atoms with E-state index in [1.807, 2.05) is 18.4 Å². The van der Waals surface area contributed by atoms with Gasteiger partial charge in [0.2, 0.25) is 0 Å². The van der Waals surface area contributed by atoms with E-state index in [-0.39, 0.29) is 28.2 Å². The molecule has 0 atom stereocenters. The molecule has 2 aromatic heterocycles. The molecule has 0 unspecified atom stereocenters. The Kier molecular flexibility index (Phi) is 4.02. The maximum absolute atomic E-state index is 12.9. The highest BCUT2D eigenvalue weighted by Gasteiger charge is 2.22. The molecule has 3 rings (SSSR count). The van der Waals surface area contributed by atoms with Gasteiger partial charge in [-0.3, -0.25) is 14.9 Å². The van der Waals surface area contributed by atoms with Crippen molar-refractivity contribution >= 4 is 34.1 Å². The van der Waals surface area contributed by atoms with Gasteiger partial charge >= 0.3 is 0 Å². The topological polar surface area (TPSA) is 90.9 Å². The summed E-state index contributed by atoms with van der Waals surface area (Å²) in [6.45, 7) is 3.91. The summed E-state index contributed by atoms with van der Waals surface area (Å²) in [5.41, 5.74) is 0.950. The normalized spacial score (nSPS) is 11.2. The Bertz CT molecular complexity index is 965. The van der Waals surface area contributed by atoms with Gasteiger partial charge in [0.25, 0.3) is 5.69 Å². The predicted molar refractivity (Wildman–Crippen MR) is 89.5 cm³/mol. The third-order valence-corrected chi connectivity index (χ3v) is 3.97. The van der Waals surface area contributed by atoms with E-state index in [2.05, 4.69) is 9.97 Å². The molecule has 8 heteroatoms. The minimum Gasteiger partial charge on any atom is -0.329 e. The number of nitro benzene ring substituents is 1. The van der Waals surface area contributed by atoms with Crippen molar-refractivity contribution in [3.63, 3.8) is 0 Å². The number of rotatable bonds is 4. The molecule has 0 aliphatic carbocycles. The molecule has 0 amide bonds. The summed E-state index contributed by atoms with van der Waals surface area (Å²) >= 11 is 6.17. The first kappa shape index (κ1) is 16.1. The number of benzene rings is 1. The zero-order valence-corrected chi connectivity index (χ0v) is 13.7. The van der Waals surface area contributed by atoms with Crippen molar-refractivity contribution in [2.24, 2.45) is 0 Å². The van der Waals surface area contributed by atoms with Crippen LogP contribution in [0.3, 0.4) is 0 Å². The van der Waals surface area contributed by atoms with Crippen molar-refractivity contribution in [3.05, 3.63) is 63.2 Å². The lowest BCUT2D eigenvalue weighted by atomic mass is 10.0. The van der Waals surface area contributed by atoms with Gasteiger partial charge in [0.05, 0.1) is 15.9 Å². The molecule has 7 nitrogen and oxygen atoms in total. The Balaban J connectivity index is 2.21. The van der Waals surface area contributed by atoms with Crippen molar-refractivity contribution in [3.8, 4) is 0 Å². The third-order valence-electron chi connectivity index (χ3n) is 3.68. The van der Waals surface area contributed by atoms with Gasteiger partial charge in [-0.25, -0.2) is 9.97 Å². The Hall–Kier alpha value is -2.80. The lowest BCUT2D eigenvalue weighted by Crippen LogP contribution is -2.02. The van der Waals surface area contributed by atoms with Crippen LogP contribution >= 0.6 is 11.6 Å². The molecule has 122 valence electrons. The van der Waals surface area contributed by atoms with Crippen LogP contribution in [0.1, 0.15) is 35.8 Å². The Labute approximate surface area is 142 Å². The molecular formula is C16H13ClN4O3. The molecule has 0 saturated heterocycles. The van der Waals surface area contributed by atoms with E-state index in [9.17, 15) is 14.9 Å². The second-order valence-electron chi connectivity index (χ2n) is 5.54. The van der Waals surface area contributed by atoms with Gasteiger partial charge in [0.1, 0.15) is 17.1 Å². The van der Waals surface area contributed by atoms with Gasteiger partial charge in [0, 0.05) is 29.9 Å². The predicted octanol–water partition coefficient (Wildman–Crippen LogP) is 3.80. The van der Waals surface area contributed by atoms with E-state index in [1.54, 1.807) is 6.20 Å². The van der Waals surface area contributed by atoms with E-state index in [4.69, 9.17) is 11.6 Å². The van der Waals surface area contributed by atoms with E-state index in [0.717, 1.165) is 0 Å². The molecule has 0 spiro atoms. The zero-order valence-electron chi connectivity index (χ0n) is 12.9. The fourth-order valence-corrected chi connectivity index (χ4v) is 2.76. The molecule has 0 N–H and O–H groups in total. The molecule has 0 aliphatic rings. The molecule has 0 saturated carbocycles. The number of aromatic nitrogens is 3. The Morgan fingerprint density at radius 1 is 1.33 bits per heavy atom. The van der Waals surface area contributed by atoms with Crippen molar-refractivity contribution < 1.29 is 9.72 Å². The summed E-state index contributed by atoms with van der Waals surface area (Å²) in [7, 11) is 0. The number of non-ortho nitro benzene ring substituents is 1. The number of halogens is 1. The summed E-state index contributed by atoms with van der Waals surface area (Å²) in [6, 6.07) is 5.66. The summed E-state index contributed by atoms with van der Waals surface area (Å²) < 4.78 is 1.83. The average Bonchev–Trinajstić information content (AvgIpc) is 2.95. The number of ketones is 1. The zero-order chi connectivity index (χ0) is 17.4. The van der Waals surface area contributed by atoms with Crippen LogP contribution in [0.15, 0.2) is 36.8 Å². The quantitative estimate of drug-likeness (QED) is 0.310. The van der Waals surface area contributed by atoms with E-state index >= 15 is 0 Å². The van der Waals surface area contributed by atoms with Crippen LogP contribution < -0.4 is 0 Å². The summed E-state index contributed by atoms with van der Waals surface area (Å²) in [5, 5.41) is 11.5. The molecular weight excluding hydrogens is 332 g/mol. The van der Waals surface area contributed by atoms with Crippen LogP contribution in [0.5, 0.6) is 0 Å². The summed E-state index contributed by atoms with van der Waals surface area (Å²) in [5.74, 6) is -0.361. The minimum atomic E-state index is -0.537. The van der Waals surface area contributed by atoms with Crippen molar-refractivity contribution in [2.75, 3.05) is 0 Å². The van der Waals surface area contributed by atoms with Crippen molar-refractivity contribution in [1.82, 2.24) is 14.5 Å². The fraction of sp³-hybridized carbons (Fsp3) is 0.188. The second kappa shape index (κ2) is 6.01. The maximum Gasteiger partial charge on any atom is 0.270 e. The van der Waals surface area contributed by atoms with Crippen LogP contribution in [0.2, 0.25) is 5.15 Å². The summed E-state index contributed by atoms with van der Waals surface area (Å²) in [6.07, 6.45) is 3.00. The molecule has 0 bridgehead atoms. The monoisotopic (exact) mass is 344 g/mol. The first-order valence-corrected chi connectivity index (χ1v) is 7.58. The number of hydrogen-bond donors (Lipinski definition) is 0. The number of hydrogen-bond acceptors (Lipinski definition) is 5. The van der Waals surface area contributed by atoms with Gasteiger partial charge in [-0.05, 0) is 13.8 Å². The number of nitrogens with zero attached hydrogens (tertiary/aromatic N) is 4. The summed E-state index contributed by atoms with van der Waals surface area (Å²) in [4.78, 5) is 31.4. The largest absolute Gasteiger partial charge is 0.329 e. The van der Waals surface area contributed by atoms with Crippen LogP contribution in [-0.2, 0) is 0 Å². The highest BCUT2D eigenvalue weighted by Crippen LogP contribution is 2.30. The van der Waals surface area contributed by atoms with Gasteiger partial charge < -0.3 is 4.57 Å². The van der Waals surface area contributed by atoms with Gasteiger partial charge in [0.15, 0.2) is 5.78 Å². The molecule has 2 heterocycles. The highest BCUT2D eigenvalue weighted by molar-refractivity contribution is 6.36. The lowest BCUT2D eigenvalue weighted by molar-refractivity contribution is -0.384. The average molecular weight is 345 g/mol. The Morgan fingerprint density at radius 2 is 2.08 bits per heavy atom. The molecule has 0 radical (unpaired) electrons.